The van der Waals surface area contributed by atoms with Crippen LogP contribution in [0, 0.1) is 5.82 Å². The van der Waals surface area contributed by atoms with Gasteiger partial charge >= 0.3 is 0 Å². The molecule has 0 radical (unpaired) electrons. The molecule has 4 rings (SSSR count). The van der Waals surface area contributed by atoms with Crippen molar-refractivity contribution in [3.05, 3.63) is 79.1 Å². The minimum absolute atomic E-state index is 0.325. The molecular formula is C18H12FN3. The molecule has 0 amide bonds. The third kappa shape index (κ3) is 2.05. The molecule has 0 fully saturated rings. The summed E-state index contributed by atoms with van der Waals surface area (Å²) in [5.74, 6) is -0.344. The molecule has 0 bridgehead atoms. The van der Waals surface area contributed by atoms with Gasteiger partial charge in [-0.05, 0) is 12.1 Å². The Morgan fingerprint density at radius 2 is 1.68 bits per heavy atom. The van der Waals surface area contributed by atoms with E-state index in [1.165, 1.54) is 6.07 Å². The lowest BCUT2D eigenvalue weighted by Gasteiger charge is -2.06. The van der Waals surface area contributed by atoms with E-state index >= 15 is 0 Å². The van der Waals surface area contributed by atoms with Gasteiger partial charge in [-0.1, -0.05) is 36.4 Å². The Kier molecular flexibility index (Phi) is 2.93. The van der Waals surface area contributed by atoms with Gasteiger partial charge in [-0.2, -0.15) is 0 Å². The minimum atomic E-state index is -0.344. The first-order valence-electron chi connectivity index (χ1n) is 6.95. The molecule has 0 atom stereocenters. The van der Waals surface area contributed by atoms with Gasteiger partial charge in [-0.25, -0.2) is 9.37 Å². The highest BCUT2D eigenvalue weighted by Crippen LogP contribution is 2.26. The molecule has 3 aromatic heterocycles. The van der Waals surface area contributed by atoms with Crippen LogP contribution >= 0.6 is 0 Å². The number of benzene rings is 1. The molecule has 0 aliphatic rings. The molecule has 0 N–H and O–H groups in total. The third-order valence-electron chi connectivity index (χ3n) is 3.63. The minimum Gasteiger partial charge on any atom is -0.297 e. The van der Waals surface area contributed by atoms with Crippen molar-refractivity contribution in [1.29, 1.82) is 0 Å². The van der Waals surface area contributed by atoms with E-state index in [2.05, 4.69) is 9.97 Å². The van der Waals surface area contributed by atoms with Crippen molar-refractivity contribution in [3.8, 4) is 22.4 Å². The zero-order chi connectivity index (χ0) is 14.9. The van der Waals surface area contributed by atoms with E-state index in [9.17, 15) is 4.39 Å². The summed E-state index contributed by atoms with van der Waals surface area (Å²) in [6.45, 7) is 0. The lowest BCUT2D eigenvalue weighted by molar-refractivity contribution is 0.630. The van der Waals surface area contributed by atoms with Crippen LogP contribution in [0.2, 0.25) is 0 Å². The van der Waals surface area contributed by atoms with E-state index < -0.39 is 0 Å². The van der Waals surface area contributed by atoms with Gasteiger partial charge in [0.25, 0.3) is 0 Å². The van der Waals surface area contributed by atoms with Gasteiger partial charge in [0.15, 0.2) is 11.5 Å². The molecule has 0 saturated carbocycles. The number of rotatable bonds is 2. The Labute approximate surface area is 126 Å². The van der Waals surface area contributed by atoms with Crippen molar-refractivity contribution in [2.24, 2.45) is 0 Å². The number of halogens is 1. The van der Waals surface area contributed by atoms with Crippen LogP contribution in [0.15, 0.2) is 73.3 Å². The van der Waals surface area contributed by atoms with Crippen molar-refractivity contribution in [2.45, 2.75) is 0 Å². The first kappa shape index (κ1) is 12.7. The van der Waals surface area contributed by atoms with E-state index in [4.69, 9.17) is 0 Å². The molecule has 106 valence electrons. The van der Waals surface area contributed by atoms with Gasteiger partial charge in [0.05, 0.1) is 11.9 Å². The Balaban J connectivity index is 1.97. The van der Waals surface area contributed by atoms with Crippen LogP contribution in [0.5, 0.6) is 0 Å². The fourth-order valence-electron chi connectivity index (χ4n) is 2.56. The lowest BCUT2D eigenvalue weighted by atomic mass is 10.1. The van der Waals surface area contributed by atoms with Crippen molar-refractivity contribution < 1.29 is 4.39 Å². The Hall–Kier alpha value is -3.01. The van der Waals surface area contributed by atoms with Gasteiger partial charge in [0, 0.05) is 35.3 Å². The lowest BCUT2D eigenvalue weighted by Crippen LogP contribution is -1.94. The van der Waals surface area contributed by atoms with Crippen molar-refractivity contribution >= 4 is 5.65 Å². The highest BCUT2D eigenvalue weighted by molar-refractivity contribution is 5.69. The zero-order valence-electron chi connectivity index (χ0n) is 11.6. The highest BCUT2D eigenvalue weighted by atomic mass is 19.1. The summed E-state index contributed by atoms with van der Waals surface area (Å²) in [7, 11) is 0. The average Bonchev–Trinajstić information content (AvgIpc) is 3.01. The Morgan fingerprint density at radius 3 is 2.45 bits per heavy atom. The number of nitrogens with zero attached hydrogens (tertiary/aromatic N) is 3. The summed E-state index contributed by atoms with van der Waals surface area (Å²) >= 11 is 0. The van der Waals surface area contributed by atoms with Crippen LogP contribution < -0.4 is 0 Å². The normalized spacial score (nSPS) is 11.0. The van der Waals surface area contributed by atoms with Crippen LogP contribution in [0.25, 0.3) is 28.0 Å². The number of aromatic nitrogens is 3. The summed E-state index contributed by atoms with van der Waals surface area (Å²) in [6.07, 6.45) is 7.01. The van der Waals surface area contributed by atoms with Crippen LogP contribution in [0.3, 0.4) is 0 Å². The molecule has 0 unspecified atom stereocenters. The number of hydrogen-bond acceptors (Lipinski definition) is 2. The SMILES string of the molecule is Fc1cc(-c2cccnc2)cn2c(-c3ccccc3)cnc12. The molecule has 4 heteroatoms. The third-order valence-corrected chi connectivity index (χ3v) is 3.63. The zero-order valence-corrected chi connectivity index (χ0v) is 11.6. The second-order valence-corrected chi connectivity index (χ2v) is 5.02. The molecule has 0 aliphatic carbocycles. The predicted molar refractivity (Wildman–Crippen MR) is 83.8 cm³/mol. The van der Waals surface area contributed by atoms with Gasteiger partial charge in [-0.3, -0.25) is 9.38 Å². The summed E-state index contributed by atoms with van der Waals surface area (Å²) in [4.78, 5) is 8.29. The molecule has 3 heterocycles. The largest absolute Gasteiger partial charge is 0.297 e. The van der Waals surface area contributed by atoms with E-state index in [1.807, 2.05) is 48.7 Å². The predicted octanol–water partition coefficient (Wildman–Crippen LogP) is 4.20. The van der Waals surface area contributed by atoms with Crippen LogP contribution in [-0.2, 0) is 0 Å². The molecule has 4 aromatic rings. The maximum Gasteiger partial charge on any atom is 0.173 e. The molecule has 0 saturated heterocycles. The van der Waals surface area contributed by atoms with Crippen molar-refractivity contribution in [2.75, 3.05) is 0 Å². The van der Waals surface area contributed by atoms with Gasteiger partial charge < -0.3 is 0 Å². The fraction of sp³-hybridized carbons (Fsp3) is 0. The topological polar surface area (TPSA) is 30.2 Å². The summed E-state index contributed by atoms with van der Waals surface area (Å²) in [5.41, 5.74) is 3.83. The van der Waals surface area contributed by atoms with Crippen LogP contribution in [0.1, 0.15) is 0 Å². The fourth-order valence-corrected chi connectivity index (χ4v) is 2.56. The van der Waals surface area contributed by atoms with E-state index in [0.717, 1.165) is 22.4 Å². The number of fused-ring (bicyclic) bond motifs is 1. The molecule has 22 heavy (non-hydrogen) atoms. The number of hydrogen-bond donors (Lipinski definition) is 0. The van der Waals surface area contributed by atoms with Gasteiger partial charge in [0.1, 0.15) is 0 Å². The van der Waals surface area contributed by atoms with Crippen molar-refractivity contribution in [1.82, 2.24) is 14.4 Å². The molecule has 3 nitrogen and oxygen atoms in total. The summed E-state index contributed by atoms with van der Waals surface area (Å²) in [5, 5.41) is 0. The summed E-state index contributed by atoms with van der Waals surface area (Å²) in [6, 6.07) is 15.1. The molecule has 0 spiro atoms. The van der Waals surface area contributed by atoms with E-state index in [-0.39, 0.29) is 5.82 Å². The molecule has 1 aromatic carbocycles. The Morgan fingerprint density at radius 1 is 0.864 bits per heavy atom. The monoisotopic (exact) mass is 289 g/mol. The second kappa shape index (κ2) is 5.07. The first-order chi connectivity index (χ1) is 10.8. The molecule has 0 aliphatic heterocycles. The Bertz CT molecular complexity index is 931. The number of pyridine rings is 2. The maximum absolute atomic E-state index is 14.4. The van der Waals surface area contributed by atoms with E-state index in [1.54, 1.807) is 23.0 Å². The summed E-state index contributed by atoms with van der Waals surface area (Å²) < 4.78 is 16.1. The molecular weight excluding hydrogens is 277 g/mol. The average molecular weight is 289 g/mol. The first-order valence-corrected chi connectivity index (χ1v) is 6.95. The quantitative estimate of drug-likeness (QED) is 0.553. The smallest absolute Gasteiger partial charge is 0.173 e. The van der Waals surface area contributed by atoms with E-state index in [0.29, 0.717) is 5.65 Å². The highest BCUT2D eigenvalue weighted by Gasteiger charge is 2.12. The van der Waals surface area contributed by atoms with Crippen molar-refractivity contribution in [3.63, 3.8) is 0 Å². The van der Waals surface area contributed by atoms with Crippen LogP contribution in [0.4, 0.5) is 4.39 Å². The maximum atomic E-state index is 14.4. The van der Waals surface area contributed by atoms with Gasteiger partial charge in [-0.15, -0.1) is 0 Å². The van der Waals surface area contributed by atoms with Crippen LogP contribution in [-0.4, -0.2) is 14.4 Å². The standard InChI is InChI=1S/C18H12FN3/c19-16-9-15(14-7-4-8-20-10-14)12-22-17(11-21-18(16)22)13-5-2-1-3-6-13/h1-12H. The number of imidazole rings is 1. The van der Waals surface area contributed by atoms with Gasteiger partial charge in [0.2, 0.25) is 0 Å². The second-order valence-electron chi connectivity index (χ2n) is 5.02.